The molecule has 2 aliphatic rings. The maximum atomic E-state index is 9.51. The molecule has 1 spiro atoms. The first kappa shape index (κ1) is 13.7. The highest BCUT2D eigenvalue weighted by molar-refractivity contribution is 6.35. The van der Waals surface area contributed by atoms with Crippen LogP contribution >= 0.6 is 23.2 Å². The van der Waals surface area contributed by atoms with Crippen LogP contribution in [0.4, 0.5) is 0 Å². The minimum Gasteiger partial charge on any atom is -0.394 e. The molecule has 5 heteroatoms. The average Bonchev–Trinajstić information content (AvgIpc) is 2.97. The van der Waals surface area contributed by atoms with Gasteiger partial charge in [-0.25, -0.2) is 0 Å². The molecule has 0 amide bonds. The molecule has 2 fully saturated rings. The summed E-state index contributed by atoms with van der Waals surface area (Å²) in [6.45, 7) is -0.0780. The molecule has 1 saturated carbocycles. The van der Waals surface area contributed by atoms with E-state index in [1.165, 1.54) is 0 Å². The fourth-order valence-corrected chi connectivity index (χ4v) is 3.47. The summed E-state index contributed by atoms with van der Waals surface area (Å²) in [5.41, 5.74) is 0.828. The lowest BCUT2D eigenvalue weighted by Gasteiger charge is -2.22. The molecule has 1 saturated heterocycles. The van der Waals surface area contributed by atoms with Gasteiger partial charge in [0.05, 0.1) is 6.61 Å². The minimum atomic E-state index is -0.527. The van der Waals surface area contributed by atoms with Crippen LogP contribution in [0.1, 0.15) is 37.4 Å². The number of hydrogen-bond donors (Lipinski definition) is 1. The summed E-state index contributed by atoms with van der Waals surface area (Å²) in [5.74, 6) is -0.527. The van der Waals surface area contributed by atoms with Crippen molar-refractivity contribution in [2.75, 3.05) is 6.61 Å². The van der Waals surface area contributed by atoms with Crippen molar-refractivity contribution < 1.29 is 14.6 Å². The molecule has 1 aromatic carbocycles. The van der Waals surface area contributed by atoms with Gasteiger partial charge in [0.25, 0.3) is 0 Å². The molecular weight excluding hydrogens is 287 g/mol. The number of aliphatic hydroxyl groups is 1. The summed E-state index contributed by atoms with van der Waals surface area (Å²) in [4.78, 5) is 0. The highest BCUT2D eigenvalue weighted by Crippen LogP contribution is 2.48. The van der Waals surface area contributed by atoms with Crippen molar-refractivity contribution in [3.63, 3.8) is 0 Å². The van der Waals surface area contributed by atoms with E-state index >= 15 is 0 Å². The van der Waals surface area contributed by atoms with Crippen LogP contribution in [0.3, 0.4) is 0 Å². The first-order chi connectivity index (χ1) is 9.13. The van der Waals surface area contributed by atoms with Gasteiger partial charge in [0.15, 0.2) is 5.79 Å². The predicted octanol–water partition coefficient (Wildman–Crippen LogP) is 3.71. The average molecular weight is 303 g/mol. The summed E-state index contributed by atoms with van der Waals surface area (Å²) in [5, 5.41) is 10.7. The van der Waals surface area contributed by atoms with Crippen LogP contribution in [-0.4, -0.2) is 23.6 Å². The highest BCUT2D eigenvalue weighted by atomic mass is 35.5. The Balaban J connectivity index is 1.90. The van der Waals surface area contributed by atoms with Crippen molar-refractivity contribution in [1.82, 2.24) is 0 Å². The zero-order valence-corrected chi connectivity index (χ0v) is 12.0. The van der Waals surface area contributed by atoms with Gasteiger partial charge in [-0.1, -0.05) is 29.3 Å². The molecule has 1 aromatic rings. The summed E-state index contributed by atoms with van der Waals surface area (Å²) < 4.78 is 12.1. The topological polar surface area (TPSA) is 38.7 Å². The van der Waals surface area contributed by atoms with Gasteiger partial charge in [0.1, 0.15) is 12.2 Å². The molecule has 1 aliphatic carbocycles. The number of halogens is 2. The lowest BCUT2D eigenvalue weighted by Crippen LogP contribution is -2.27. The third kappa shape index (κ3) is 2.50. The Morgan fingerprint density at radius 2 is 1.95 bits per heavy atom. The van der Waals surface area contributed by atoms with E-state index in [0.717, 1.165) is 31.2 Å². The number of hydrogen-bond acceptors (Lipinski definition) is 3. The fourth-order valence-electron chi connectivity index (χ4n) is 2.95. The Bertz CT molecular complexity index is 472. The molecule has 19 heavy (non-hydrogen) atoms. The molecule has 1 heterocycles. The third-order valence-corrected chi connectivity index (χ3v) is 4.42. The predicted molar refractivity (Wildman–Crippen MR) is 73.4 cm³/mol. The summed E-state index contributed by atoms with van der Waals surface area (Å²) in [7, 11) is 0. The van der Waals surface area contributed by atoms with Gasteiger partial charge >= 0.3 is 0 Å². The molecule has 3 nitrogen and oxygen atoms in total. The molecule has 1 aliphatic heterocycles. The minimum absolute atomic E-state index is 0.0780. The van der Waals surface area contributed by atoms with Gasteiger partial charge in [0.2, 0.25) is 0 Å². The smallest absolute Gasteiger partial charge is 0.169 e. The Kier molecular flexibility index (Phi) is 3.76. The molecule has 104 valence electrons. The van der Waals surface area contributed by atoms with E-state index < -0.39 is 5.79 Å². The van der Waals surface area contributed by atoms with Gasteiger partial charge < -0.3 is 14.6 Å². The largest absolute Gasteiger partial charge is 0.394 e. The lowest BCUT2D eigenvalue weighted by atomic mass is 10.1. The van der Waals surface area contributed by atoms with Gasteiger partial charge in [-0.15, -0.1) is 0 Å². The monoisotopic (exact) mass is 302 g/mol. The Morgan fingerprint density at radius 3 is 2.58 bits per heavy atom. The van der Waals surface area contributed by atoms with E-state index in [0.29, 0.717) is 10.0 Å². The SMILES string of the molecule is OCC1OC2(CCCC2)O[C@@H]1c1ccc(Cl)cc1Cl. The van der Waals surface area contributed by atoms with Gasteiger partial charge in [-0.3, -0.25) is 0 Å². The zero-order valence-electron chi connectivity index (χ0n) is 10.4. The molecule has 1 N–H and O–H groups in total. The van der Waals surface area contributed by atoms with E-state index in [9.17, 15) is 5.11 Å². The maximum absolute atomic E-state index is 9.51. The molecule has 2 atom stereocenters. The van der Waals surface area contributed by atoms with Crippen molar-refractivity contribution in [3.8, 4) is 0 Å². The molecule has 1 unspecified atom stereocenters. The second-order valence-electron chi connectivity index (χ2n) is 5.16. The maximum Gasteiger partial charge on any atom is 0.169 e. The van der Waals surface area contributed by atoms with E-state index in [2.05, 4.69) is 0 Å². The second-order valence-corrected chi connectivity index (χ2v) is 6.00. The molecule has 0 radical (unpaired) electrons. The molecule has 3 rings (SSSR count). The molecular formula is C14H16Cl2O3. The molecule has 0 bridgehead atoms. The van der Waals surface area contributed by atoms with Crippen molar-refractivity contribution in [1.29, 1.82) is 0 Å². The van der Waals surface area contributed by atoms with Crippen LogP contribution in [-0.2, 0) is 9.47 Å². The van der Waals surface area contributed by atoms with Crippen LogP contribution in [0, 0.1) is 0 Å². The summed E-state index contributed by atoms with van der Waals surface area (Å²) >= 11 is 12.1. The normalized spacial score (nSPS) is 29.2. The second kappa shape index (κ2) is 5.23. The van der Waals surface area contributed by atoms with Crippen LogP contribution in [0.5, 0.6) is 0 Å². The van der Waals surface area contributed by atoms with Crippen molar-refractivity contribution >= 4 is 23.2 Å². The van der Waals surface area contributed by atoms with Gasteiger partial charge in [-0.05, 0) is 25.0 Å². The first-order valence-corrected chi connectivity index (χ1v) is 7.31. The van der Waals surface area contributed by atoms with Crippen LogP contribution in [0.2, 0.25) is 10.0 Å². The number of ether oxygens (including phenoxy) is 2. The van der Waals surface area contributed by atoms with Crippen LogP contribution in [0.25, 0.3) is 0 Å². The van der Waals surface area contributed by atoms with Crippen molar-refractivity contribution in [2.45, 2.75) is 43.7 Å². The van der Waals surface area contributed by atoms with E-state index in [1.807, 2.05) is 6.07 Å². The zero-order chi connectivity index (χ0) is 13.5. The number of rotatable bonds is 2. The van der Waals surface area contributed by atoms with Crippen LogP contribution < -0.4 is 0 Å². The molecule has 0 aromatic heterocycles. The Labute approximate surface area is 122 Å². The quantitative estimate of drug-likeness (QED) is 0.905. The Morgan fingerprint density at radius 1 is 1.21 bits per heavy atom. The van der Waals surface area contributed by atoms with Crippen LogP contribution in [0.15, 0.2) is 18.2 Å². The number of aliphatic hydroxyl groups excluding tert-OH is 1. The summed E-state index contributed by atoms with van der Waals surface area (Å²) in [6, 6.07) is 5.31. The third-order valence-electron chi connectivity index (χ3n) is 3.86. The van der Waals surface area contributed by atoms with Crippen molar-refractivity contribution in [2.24, 2.45) is 0 Å². The van der Waals surface area contributed by atoms with E-state index in [-0.39, 0.29) is 18.8 Å². The van der Waals surface area contributed by atoms with E-state index in [1.54, 1.807) is 12.1 Å². The number of benzene rings is 1. The fraction of sp³-hybridized carbons (Fsp3) is 0.571. The summed E-state index contributed by atoms with van der Waals surface area (Å²) in [6.07, 6.45) is 3.26. The highest BCUT2D eigenvalue weighted by Gasteiger charge is 2.49. The first-order valence-electron chi connectivity index (χ1n) is 6.55. The standard InChI is InChI=1S/C14H16Cl2O3/c15-9-3-4-10(11(16)7-9)13-12(8-17)18-14(19-13)5-1-2-6-14/h3-4,7,12-13,17H,1-2,5-6,8H2/t12?,13-/m1/s1. The van der Waals surface area contributed by atoms with Gasteiger partial charge in [-0.2, -0.15) is 0 Å². The van der Waals surface area contributed by atoms with E-state index in [4.69, 9.17) is 32.7 Å². The van der Waals surface area contributed by atoms with Gasteiger partial charge in [0, 0.05) is 28.5 Å². The van der Waals surface area contributed by atoms with Crippen molar-refractivity contribution in [3.05, 3.63) is 33.8 Å². The lowest BCUT2D eigenvalue weighted by molar-refractivity contribution is -0.172. The Hall–Kier alpha value is -0.320.